The average Bonchev–Trinajstić information content (AvgIpc) is 3.17. The summed E-state index contributed by atoms with van der Waals surface area (Å²) in [7, 11) is 2.02. The number of rotatable bonds is 1. The zero-order valence-corrected chi connectivity index (χ0v) is 18.6. The fraction of sp³-hybridized carbons (Fsp3) is 0.172. The summed E-state index contributed by atoms with van der Waals surface area (Å²) in [6.45, 7) is 3.68. The number of fused-ring (bicyclic) bond motifs is 6. The molecule has 3 aromatic carbocycles. The molecular weight excluding hydrogens is 392 g/mol. The van der Waals surface area contributed by atoms with Gasteiger partial charge < -0.3 is 4.42 Å². The maximum atomic E-state index is 8.30. The minimum atomic E-state index is -2.27. The van der Waals surface area contributed by atoms with E-state index < -0.39 is 6.85 Å². The first-order valence-corrected chi connectivity index (χ1v) is 10.8. The zero-order chi connectivity index (χ0) is 24.6. The molecule has 6 rings (SSSR count). The Morgan fingerprint density at radius 3 is 2.47 bits per heavy atom. The number of benzene rings is 3. The molecule has 0 aliphatic rings. The number of aryl methyl sites for hydroxylation is 4. The van der Waals surface area contributed by atoms with Crippen LogP contribution in [-0.4, -0.2) is 4.98 Å². The van der Waals surface area contributed by atoms with Crippen molar-refractivity contribution < 1.29 is 13.1 Å². The van der Waals surface area contributed by atoms with Crippen molar-refractivity contribution in [2.75, 3.05) is 0 Å². The van der Waals surface area contributed by atoms with E-state index in [2.05, 4.69) is 41.8 Å². The van der Waals surface area contributed by atoms with Gasteiger partial charge in [-0.2, -0.15) is 4.57 Å². The maximum absolute atomic E-state index is 8.30. The summed E-state index contributed by atoms with van der Waals surface area (Å²) in [6.07, 6.45) is 0. The lowest BCUT2D eigenvalue weighted by Crippen LogP contribution is -2.32. The van der Waals surface area contributed by atoms with E-state index >= 15 is 0 Å². The fourth-order valence-electron chi connectivity index (χ4n) is 5.02. The Bertz CT molecular complexity index is 1830. The molecule has 0 saturated carbocycles. The second kappa shape index (κ2) is 6.64. The molecule has 3 heterocycles. The van der Waals surface area contributed by atoms with Crippen molar-refractivity contribution in [1.29, 1.82) is 0 Å². The first-order chi connectivity index (χ1) is 16.7. The molecule has 0 unspecified atom stereocenters. The standard InChI is InChI=1S/C29H25N2O/c1-16-9-8-12-24-20(16)13-14-25(31(24)5)26-18(3)17(2)15-23-27-22-11-7-6-10-21(22)19(4)30-29(27)32-28(23)26/h6-15H,1-5H3/q+1/i2D3. The Kier molecular flexibility index (Phi) is 3.32. The van der Waals surface area contributed by atoms with E-state index in [-0.39, 0.29) is 0 Å². The summed E-state index contributed by atoms with van der Waals surface area (Å²) in [5.41, 5.74) is 7.05. The van der Waals surface area contributed by atoms with Crippen molar-refractivity contribution in [3.05, 3.63) is 83.0 Å². The Balaban J connectivity index is 1.84. The molecule has 32 heavy (non-hydrogen) atoms. The van der Waals surface area contributed by atoms with Gasteiger partial charge in [-0.3, -0.25) is 0 Å². The molecule has 0 aliphatic carbocycles. The summed E-state index contributed by atoms with van der Waals surface area (Å²) in [5.74, 6) is 0. The van der Waals surface area contributed by atoms with Crippen LogP contribution >= 0.6 is 0 Å². The van der Waals surface area contributed by atoms with E-state index in [1.807, 2.05) is 45.2 Å². The van der Waals surface area contributed by atoms with Gasteiger partial charge in [0.05, 0.1) is 10.9 Å². The molecule has 0 amide bonds. The zero-order valence-electron chi connectivity index (χ0n) is 21.6. The van der Waals surface area contributed by atoms with Gasteiger partial charge >= 0.3 is 0 Å². The van der Waals surface area contributed by atoms with Crippen molar-refractivity contribution >= 4 is 43.7 Å². The predicted molar refractivity (Wildman–Crippen MR) is 132 cm³/mol. The minimum absolute atomic E-state index is 0.330. The van der Waals surface area contributed by atoms with Crippen molar-refractivity contribution in [3.63, 3.8) is 0 Å². The number of hydrogen-bond acceptors (Lipinski definition) is 2. The third-order valence-electron chi connectivity index (χ3n) is 6.76. The van der Waals surface area contributed by atoms with Crippen molar-refractivity contribution in [1.82, 2.24) is 4.98 Å². The second-order valence-electron chi connectivity index (χ2n) is 8.61. The first-order valence-electron chi connectivity index (χ1n) is 12.3. The highest BCUT2D eigenvalue weighted by Crippen LogP contribution is 2.41. The van der Waals surface area contributed by atoms with Gasteiger partial charge in [0, 0.05) is 38.1 Å². The van der Waals surface area contributed by atoms with Crippen molar-refractivity contribution in [2.45, 2.75) is 27.6 Å². The molecule has 3 nitrogen and oxygen atoms in total. The van der Waals surface area contributed by atoms with Crippen LogP contribution in [0.3, 0.4) is 0 Å². The smallest absolute Gasteiger partial charge is 0.228 e. The van der Waals surface area contributed by atoms with E-state index in [4.69, 9.17) is 13.5 Å². The Hall–Kier alpha value is -3.72. The highest BCUT2D eigenvalue weighted by Gasteiger charge is 2.25. The normalized spacial score (nSPS) is 13.7. The third kappa shape index (κ3) is 2.48. The largest absolute Gasteiger partial charge is 0.437 e. The van der Waals surface area contributed by atoms with Crippen LogP contribution in [0.2, 0.25) is 0 Å². The van der Waals surface area contributed by atoms with Gasteiger partial charge in [0.25, 0.3) is 0 Å². The van der Waals surface area contributed by atoms with Gasteiger partial charge in [-0.05, 0) is 61.8 Å². The number of aromatic nitrogens is 2. The first kappa shape index (κ1) is 16.0. The van der Waals surface area contributed by atoms with Crippen LogP contribution in [0.15, 0.2) is 65.1 Å². The number of nitrogens with zero attached hydrogens (tertiary/aromatic N) is 2. The molecule has 3 aromatic heterocycles. The van der Waals surface area contributed by atoms with Gasteiger partial charge in [-0.1, -0.05) is 36.4 Å². The molecule has 0 fully saturated rings. The summed E-state index contributed by atoms with van der Waals surface area (Å²) < 4.78 is 33.5. The third-order valence-corrected chi connectivity index (χ3v) is 6.76. The van der Waals surface area contributed by atoms with Gasteiger partial charge in [-0.25, -0.2) is 4.98 Å². The quantitative estimate of drug-likeness (QED) is 0.268. The lowest BCUT2D eigenvalue weighted by atomic mass is 9.95. The number of furan rings is 1. The van der Waals surface area contributed by atoms with Crippen LogP contribution in [0.1, 0.15) is 26.5 Å². The Morgan fingerprint density at radius 1 is 0.844 bits per heavy atom. The van der Waals surface area contributed by atoms with Crippen molar-refractivity contribution in [3.8, 4) is 11.3 Å². The highest BCUT2D eigenvalue weighted by atomic mass is 16.3. The van der Waals surface area contributed by atoms with Crippen LogP contribution in [0.4, 0.5) is 0 Å². The molecule has 0 atom stereocenters. The van der Waals surface area contributed by atoms with Crippen LogP contribution < -0.4 is 4.57 Å². The molecule has 0 spiro atoms. The van der Waals surface area contributed by atoms with E-state index in [1.165, 1.54) is 5.56 Å². The highest BCUT2D eigenvalue weighted by molar-refractivity contribution is 6.20. The SMILES string of the molecule is [2H]C([2H])([2H])c1cc2c(oc3nc(C)c4ccccc4c32)c(-c2ccc3c(C)cccc3[n+]2C)c1C. The molecule has 0 bridgehead atoms. The Labute approximate surface area is 191 Å². The summed E-state index contributed by atoms with van der Waals surface area (Å²) in [5, 5.41) is 4.84. The molecule has 3 heteroatoms. The molecule has 0 aliphatic heterocycles. The van der Waals surface area contributed by atoms with Crippen LogP contribution in [-0.2, 0) is 7.05 Å². The molecule has 0 N–H and O–H groups in total. The predicted octanol–water partition coefficient (Wildman–Crippen LogP) is 7.01. The average molecular weight is 421 g/mol. The second-order valence-corrected chi connectivity index (χ2v) is 8.61. The molecule has 0 radical (unpaired) electrons. The van der Waals surface area contributed by atoms with Crippen molar-refractivity contribution in [2.24, 2.45) is 7.05 Å². The number of hydrogen-bond donors (Lipinski definition) is 0. The molecular formula is C29H25N2O+. The van der Waals surface area contributed by atoms with Crippen LogP contribution in [0, 0.1) is 27.6 Å². The summed E-state index contributed by atoms with van der Waals surface area (Å²) in [4.78, 5) is 4.77. The topological polar surface area (TPSA) is 29.9 Å². The van der Waals surface area contributed by atoms with Crippen LogP contribution in [0.5, 0.6) is 0 Å². The molecule has 156 valence electrons. The maximum Gasteiger partial charge on any atom is 0.228 e. The van der Waals surface area contributed by atoms with E-state index in [9.17, 15) is 0 Å². The van der Waals surface area contributed by atoms with Gasteiger partial charge in [0.1, 0.15) is 7.05 Å². The van der Waals surface area contributed by atoms with Crippen LogP contribution in [0.25, 0.3) is 55.0 Å². The number of pyridine rings is 2. The van der Waals surface area contributed by atoms with E-state index in [1.54, 1.807) is 6.07 Å². The monoisotopic (exact) mass is 420 g/mol. The lowest BCUT2D eigenvalue weighted by Gasteiger charge is -2.10. The molecule has 0 saturated heterocycles. The summed E-state index contributed by atoms with van der Waals surface area (Å²) in [6, 6.07) is 20.2. The van der Waals surface area contributed by atoms with Gasteiger partial charge in [-0.15, -0.1) is 0 Å². The Morgan fingerprint density at radius 2 is 1.66 bits per heavy atom. The molecule has 6 aromatic rings. The van der Waals surface area contributed by atoms with Gasteiger partial charge in [0.2, 0.25) is 16.9 Å². The summed E-state index contributed by atoms with van der Waals surface area (Å²) >= 11 is 0. The van der Waals surface area contributed by atoms with E-state index in [0.29, 0.717) is 22.4 Å². The van der Waals surface area contributed by atoms with Gasteiger partial charge in [0.15, 0.2) is 5.58 Å². The fourth-order valence-corrected chi connectivity index (χ4v) is 5.02. The lowest BCUT2D eigenvalue weighted by molar-refractivity contribution is -0.633. The van der Waals surface area contributed by atoms with E-state index in [0.717, 1.165) is 49.4 Å². The minimum Gasteiger partial charge on any atom is -0.437 e.